The normalized spacial score (nSPS) is 10.7. The van der Waals surface area contributed by atoms with E-state index in [0.29, 0.717) is 6.54 Å². The quantitative estimate of drug-likeness (QED) is 0.880. The number of halogens is 1. The summed E-state index contributed by atoms with van der Waals surface area (Å²) < 4.78 is 18.5. The van der Waals surface area contributed by atoms with Gasteiger partial charge in [0.15, 0.2) is 11.6 Å². The number of anilines is 1. The van der Waals surface area contributed by atoms with Crippen LogP contribution in [0.5, 0.6) is 5.75 Å². The third kappa shape index (κ3) is 4.46. The standard InChI is InChI=1S/C17H21FN2O/c1-20(2)12-13-4-7-15(8-5-13)19-11-14-6-9-17(21-3)16(18)10-14/h4-10,19H,11-12H2,1-3H3. The molecule has 0 spiro atoms. The Labute approximate surface area is 125 Å². The predicted molar refractivity (Wildman–Crippen MR) is 84.1 cm³/mol. The van der Waals surface area contributed by atoms with Gasteiger partial charge in [-0.1, -0.05) is 18.2 Å². The zero-order valence-corrected chi connectivity index (χ0v) is 12.7. The van der Waals surface area contributed by atoms with Gasteiger partial charge in [-0.05, 0) is 49.5 Å². The molecule has 2 aromatic carbocycles. The first-order chi connectivity index (χ1) is 10.1. The van der Waals surface area contributed by atoms with Gasteiger partial charge in [0.2, 0.25) is 0 Å². The third-order valence-electron chi connectivity index (χ3n) is 3.17. The SMILES string of the molecule is COc1ccc(CNc2ccc(CN(C)C)cc2)cc1F. The van der Waals surface area contributed by atoms with E-state index in [1.54, 1.807) is 6.07 Å². The van der Waals surface area contributed by atoms with E-state index < -0.39 is 0 Å². The van der Waals surface area contributed by atoms with Gasteiger partial charge < -0.3 is 15.0 Å². The fraction of sp³-hybridized carbons (Fsp3) is 0.294. The summed E-state index contributed by atoms with van der Waals surface area (Å²) in [6.07, 6.45) is 0. The number of methoxy groups -OCH3 is 1. The number of benzene rings is 2. The Morgan fingerprint density at radius 2 is 1.71 bits per heavy atom. The first kappa shape index (κ1) is 15.3. The van der Waals surface area contributed by atoms with Crippen LogP contribution in [0.1, 0.15) is 11.1 Å². The van der Waals surface area contributed by atoms with Gasteiger partial charge >= 0.3 is 0 Å². The highest BCUT2D eigenvalue weighted by Gasteiger charge is 2.03. The molecule has 0 amide bonds. The molecular weight excluding hydrogens is 267 g/mol. The fourth-order valence-electron chi connectivity index (χ4n) is 2.12. The van der Waals surface area contributed by atoms with Crippen molar-refractivity contribution in [3.63, 3.8) is 0 Å². The summed E-state index contributed by atoms with van der Waals surface area (Å²) in [4.78, 5) is 2.13. The molecular formula is C17H21FN2O. The van der Waals surface area contributed by atoms with Crippen molar-refractivity contribution in [2.75, 3.05) is 26.5 Å². The van der Waals surface area contributed by atoms with Crippen LogP contribution in [0.25, 0.3) is 0 Å². The molecule has 0 fully saturated rings. The van der Waals surface area contributed by atoms with Crippen molar-refractivity contribution in [3.05, 3.63) is 59.4 Å². The maximum Gasteiger partial charge on any atom is 0.165 e. The van der Waals surface area contributed by atoms with Gasteiger partial charge in [0, 0.05) is 18.8 Å². The fourth-order valence-corrected chi connectivity index (χ4v) is 2.12. The molecule has 0 aliphatic heterocycles. The monoisotopic (exact) mass is 288 g/mol. The number of nitrogens with zero attached hydrogens (tertiary/aromatic N) is 1. The first-order valence-electron chi connectivity index (χ1n) is 6.88. The van der Waals surface area contributed by atoms with Crippen LogP contribution in [0.4, 0.5) is 10.1 Å². The van der Waals surface area contributed by atoms with Crippen LogP contribution in [0.15, 0.2) is 42.5 Å². The Morgan fingerprint density at radius 1 is 1.05 bits per heavy atom. The minimum Gasteiger partial charge on any atom is -0.494 e. The van der Waals surface area contributed by atoms with Crippen molar-refractivity contribution < 1.29 is 9.13 Å². The number of ether oxygens (including phenoxy) is 1. The van der Waals surface area contributed by atoms with Crippen LogP contribution in [0, 0.1) is 5.82 Å². The zero-order valence-electron chi connectivity index (χ0n) is 12.7. The van der Waals surface area contributed by atoms with E-state index in [-0.39, 0.29) is 11.6 Å². The highest BCUT2D eigenvalue weighted by Crippen LogP contribution is 2.19. The van der Waals surface area contributed by atoms with Crippen LogP contribution in [0.2, 0.25) is 0 Å². The lowest BCUT2D eigenvalue weighted by Crippen LogP contribution is -2.10. The molecule has 0 aliphatic carbocycles. The summed E-state index contributed by atoms with van der Waals surface area (Å²) in [5.41, 5.74) is 3.17. The van der Waals surface area contributed by atoms with E-state index in [9.17, 15) is 4.39 Å². The second-order valence-corrected chi connectivity index (χ2v) is 5.26. The zero-order chi connectivity index (χ0) is 15.2. The van der Waals surface area contributed by atoms with Crippen molar-refractivity contribution in [3.8, 4) is 5.75 Å². The molecule has 0 aromatic heterocycles. The largest absolute Gasteiger partial charge is 0.494 e. The van der Waals surface area contributed by atoms with Gasteiger partial charge in [0.05, 0.1) is 7.11 Å². The summed E-state index contributed by atoms with van der Waals surface area (Å²) >= 11 is 0. The highest BCUT2D eigenvalue weighted by atomic mass is 19.1. The van der Waals surface area contributed by atoms with Crippen molar-refractivity contribution in [1.82, 2.24) is 4.90 Å². The van der Waals surface area contributed by atoms with Gasteiger partial charge in [-0.15, -0.1) is 0 Å². The summed E-state index contributed by atoms with van der Waals surface area (Å²) in [5, 5.41) is 3.29. The summed E-state index contributed by atoms with van der Waals surface area (Å²) in [7, 11) is 5.56. The van der Waals surface area contributed by atoms with E-state index in [0.717, 1.165) is 17.8 Å². The minimum absolute atomic E-state index is 0.270. The van der Waals surface area contributed by atoms with Gasteiger partial charge in [0.25, 0.3) is 0 Å². The molecule has 0 saturated carbocycles. The van der Waals surface area contributed by atoms with Crippen molar-refractivity contribution in [2.45, 2.75) is 13.1 Å². The van der Waals surface area contributed by atoms with E-state index in [1.165, 1.54) is 18.7 Å². The van der Waals surface area contributed by atoms with Crippen molar-refractivity contribution in [2.24, 2.45) is 0 Å². The first-order valence-corrected chi connectivity index (χ1v) is 6.88. The molecule has 0 saturated heterocycles. The van der Waals surface area contributed by atoms with E-state index in [2.05, 4.69) is 22.3 Å². The molecule has 0 radical (unpaired) electrons. The Morgan fingerprint density at radius 3 is 2.29 bits per heavy atom. The summed E-state index contributed by atoms with van der Waals surface area (Å²) in [6, 6.07) is 13.3. The highest BCUT2D eigenvalue weighted by molar-refractivity contribution is 5.45. The summed E-state index contributed by atoms with van der Waals surface area (Å²) in [6.45, 7) is 1.50. The van der Waals surface area contributed by atoms with Gasteiger partial charge in [0.1, 0.15) is 0 Å². The molecule has 0 aliphatic rings. The van der Waals surface area contributed by atoms with E-state index in [1.807, 2.05) is 32.3 Å². The van der Waals surface area contributed by atoms with Crippen molar-refractivity contribution >= 4 is 5.69 Å². The number of hydrogen-bond donors (Lipinski definition) is 1. The number of rotatable bonds is 6. The lowest BCUT2D eigenvalue weighted by Gasteiger charge is -2.11. The molecule has 3 nitrogen and oxygen atoms in total. The second kappa shape index (κ2) is 7.09. The van der Waals surface area contributed by atoms with Crippen LogP contribution in [-0.2, 0) is 13.1 Å². The minimum atomic E-state index is -0.335. The number of nitrogens with one attached hydrogen (secondary N) is 1. The molecule has 0 atom stereocenters. The van der Waals surface area contributed by atoms with Crippen LogP contribution < -0.4 is 10.1 Å². The third-order valence-corrected chi connectivity index (χ3v) is 3.17. The maximum absolute atomic E-state index is 13.6. The Hall–Kier alpha value is -2.07. The summed E-state index contributed by atoms with van der Waals surface area (Å²) in [5.74, 6) is -0.0649. The molecule has 4 heteroatoms. The molecule has 1 N–H and O–H groups in total. The predicted octanol–water partition coefficient (Wildman–Crippen LogP) is 3.51. The second-order valence-electron chi connectivity index (χ2n) is 5.26. The average molecular weight is 288 g/mol. The number of hydrogen-bond acceptors (Lipinski definition) is 3. The van der Waals surface area contributed by atoms with Crippen LogP contribution >= 0.6 is 0 Å². The Bertz CT molecular complexity index is 582. The van der Waals surface area contributed by atoms with Gasteiger partial charge in [-0.25, -0.2) is 4.39 Å². The Kier molecular flexibility index (Phi) is 5.17. The molecule has 112 valence electrons. The molecule has 0 unspecified atom stereocenters. The van der Waals surface area contributed by atoms with Crippen LogP contribution in [0.3, 0.4) is 0 Å². The molecule has 0 heterocycles. The lowest BCUT2D eigenvalue weighted by molar-refractivity contribution is 0.386. The lowest BCUT2D eigenvalue weighted by atomic mass is 10.1. The maximum atomic E-state index is 13.6. The topological polar surface area (TPSA) is 24.5 Å². The molecule has 2 rings (SSSR count). The molecule has 21 heavy (non-hydrogen) atoms. The van der Waals surface area contributed by atoms with Crippen LogP contribution in [-0.4, -0.2) is 26.1 Å². The van der Waals surface area contributed by atoms with E-state index >= 15 is 0 Å². The van der Waals surface area contributed by atoms with Gasteiger partial charge in [-0.2, -0.15) is 0 Å². The van der Waals surface area contributed by atoms with Crippen molar-refractivity contribution in [1.29, 1.82) is 0 Å². The average Bonchev–Trinajstić information content (AvgIpc) is 2.46. The van der Waals surface area contributed by atoms with Gasteiger partial charge in [-0.3, -0.25) is 0 Å². The Balaban J connectivity index is 1.95. The molecule has 2 aromatic rings. The smallest absolute Gasteiger partial charge is 0.165 e. The molecule has 0 bridgehead atoms. The van der Waals surface area contributed by atoms with E-state index in [4.69, 9.17) is 4.74 Å².